The number of oxime groups is 1. The Morgan fingerprint density at radius 3 is 2.67 bits per heavy atom. The molecule has 2 rings (SSSR count). The molecule has 21 heavy (non-hydrogen) atoms. The van der Waals surface area contributed by atoms with Gasteiger partial charge in [0.15, 0.2) is 6.10 Å². The highest BCUT2D eigenvalue weighted by molar-refractivity contribution is 6.01. The van der Waals surface area contributed by atoms with E-state index in [1.165, 1.54) is 0 Å². The van der Waals surface area contributed by atoms with Crippen LogP contribution in [0.4, 0.5) is 8.78 Å². The third kappa shape index (κ3) is 3.48. The summed E-state index contributed by atoms with van der Waals surface area (Å²) in [5.41, 5.74) is 10.1. The molecule has 6 nitrogen and oxygen atoms in total. The Bertz CT molecular complexity index is 558. The van der Waals surface area contributed by atoms with Crippen molar-refractivity contribution in [3.8, 4) is 0 Å². The van der Waals surface area contributed by atoms with Crippen molar-refractivity contribution >= 4 is 5.71 Å². The number of hydrogen-bond acceptors (Lipinski definition) is 4. The van der Waals surface area contributed by atoms with E-state index in [-0.39, 0.29) is 0 Å². The number of halogens is 2. The van der Waals surface area contributed by atoms with Crippen LogP contribution < -0.4 is 0 Å². The van der Waals surface area contributed by atoms with Gasteiger partial charge in [-0.1, -0.05) is 34.5 Å². The van der Waals surface area contributed by atoms with E-state index >= 15 is 0 Å². The molecule has 1 aliphatic rings. The van der Waals surface area contributed by atoms with Crippen LogP contribution in [-0.2, 0) is 4.84 Å². The molecule has 1 aromatic carbocycles. The molecule has 0 aliphatic carbocycles. The van der Waals surface area contributed by atoms with Crippen molar-refractivity contribution < 1.29 is 18.7 Å². The fraction of sp³-hybridized carbons (Fsp3) is 0.462. The molecule has 0 saturated heterocycles. The monoisotopic (exact) mass is 296 g/mol. The Morgan fingerprint density at radius 2 is 2.14 bits per heavy atom. The summed E-state index contributed by atoms with van der Waals surface area (Å²) in [7, 11) is 0. The summed E-state index contributed by atoms with van der Waals surface area (Å²) in [6.45, 7) is -1.56. The molecule has 0 amide bonds. The van der Waals surface area contributed by atoms with E-state index in [1.54, 1.807) is 24.3 Å². The first kappa shape index (κ1) is 15.2. The van der Waals surface area contributed by atoms with E-state index in [2.05, 4.69) is 15.2 Å². The Balaban J connectivity index is 2.10. The molecule has 8 heteroatoms. The van der Waals surface area contributed by atoms with Crippen LogP contribution in [0.5, 0.6) is 0 Å². The lowest BCUT2D eigenvalue weighted by molar-refractivity contribution is 0.0656. The van der Waals surface area contributed by atoms with Crippen molar-refractivity contribution in [1.82, 2.24) is 0 Å². The summed E-state index contributed by atoms with van der Waals surface area (Å²) in [5, 5.41) is 16.9. The van der Waals surface area contributed by atoms with E-state index in [0.717, 1.165) is 5.56 Å². The molecule has 3 atom stereocenters. The van der Waals surface area contributed by atoms with Gasteiger partial charge in [-0.05, 0) is 16.7 Å². The highest BCUT2D eigenvalue weighted by atomic mass is 19.1. The third-order valence-corrected chi connectivity index (χ3v) is 3.21. The van der Waals surface area contributed by atoms with E-state index in [4.69, 9.17) is 10.4 Å². The number of hydrogen-bond donors (Lipinski definition) is 1. The number of rotatable bonds is 6. The molecule has 1 heterocycles. The van der Waals surface area contributed by atoms with Gasteiger partial charge in [-0.3, -0.25) is 4.39 Å². The summed E-state index contributed by atoms with van der Waals surface area (Å²) in [6, 6.07) is 5.35. The standard InChI is InChI=1S/C13H14F2N4O2/c14-6-10-5-11(18-21-10)8-1-3-9(4-2-8)13(20)12(7-15)17-19-16/h1-4,10,12-13,20H,5-7H2/t10-,12+,13+/m0/s1. The molecule has 0 unspecified atom stereocenters. The first-order valence-electron chi connectivity index (χ1n) is 6.36. The highest BCUT2D eigenvalue weighted by Crippen LogP contribution is 2.23. The lowest BCUT2D eigenvalue weighted by Gasteiger charge is -2.15. The molecule has 0 radical (unpaired) electrons. The predicted octanol–water partition coefficient (Wildman–Crippen LogP) is 2.83. The van der Waals surface area contributed by atoms with Crippen LogP contribution in [0.2, 0.25) is 0 Å². The average Bonchev–Trinajstić information content (AvgIpc) is 3.01. The second-order valence-electron chi connectivity index (χ2n) is 4.62. The Labute approximate surface area is 119 Å². The number of aliphatic hydroxyl groups excluding tert-OH is 1. The zero-order chi connectivity index (χ0) is 15.2. The summed E-state index contributed by atoms with van der Waals surface area (Å²) in [6.07, 6.45) is -1.39. The summed E-state index contributed by atoms with van der Waals surface area (Å²) in [5.74, 6) is 0. The molecule has 0 spiro atoms. The minimum atomic E-state index is -1.22. The minimum absolute atomic E-state index is 0.379. The average molecular weight is 296 g/mol. The fourth-order valence-electron chi connectivity index (χ4n) is 2.02. The molecule has 1 aromatic rings. The number of aliphatic hydroxyl groups is 1. The topological polar surface area (TPSA) is 90.6 Å². The van der Waals surface area contributed by atoms with Gasteiger partial charge in [0.25, 0.3) is 0 Å². The molecule has 0 bridgehead atoms. The smallest absolute Gasteiger partial charge is 0.161 e. The normalized spacial score (nSPS) is 20.1. The molecule has 0 fully saturated rings. The van der Waals surface area contributed by atoms with Gasteiger partial charge < -0.3 is 9.94 Å². The Morgan fingerprint density at radius 1 is 1.43 bits per heavy atom. The van der Waals surface area contributed by atoms with Crippen molar-refractivity contribution in [2.24, 2.45) is 10.3 Å². The molecule has 0 aromatic heterocycles. The third-order valence-electron chi connectivity index (χ3n) is 3.21. The van der Waals surface area contributed by atoms with Crippen LogP contribution in [0, 0.1) is 0 Å². The Hall–Kier alpha value is -2.18. The van der Waals surface area contributed by atoms with Gasteiger partial charge in [0.05, 0.1) is 17.9 Å². The maximum absolute atomic E-state index is 12.7. The Kier molecular flexibility index (Phi) is 5.08. The zero-order valence-corrected chi connectivity index (χ0v) is 11.1. The summed E-state index contributed by atoms with van der Waals surface area (Å²) >= 11 is 0. The van der Waals surface area contributed by atoms with Crippen LogP contribution in [0.1, 0.15) is 23.7 Å². The second-order valence-corrected chi connectivity index (χ2v) is 4.62. The quantitative estimate of drug-likeness (QED) is 0.496. The molecular weight excluding hydrogens is 282 g/mol. The van der Waals surface area contributed by atoms with Crippen molar-refractivity contribution in [1.29, 1.82) is 0 Å². The van der Waals surface area contributed by atoms with Crippen LogP contribution in [-0.4, -0.2) is 36.3 Å². The van der Waals surface area contributed by atoms with Crippen LogP contribution in [0.3, 0.4) is 0 Å². The van der Waals surface area contributed by atoms with E-state index in [1.807, 2.05) is 0 Å². The van der Waals surface area contributed by atoms with Crippen LogP contribution >= 0.6 is 0 Å². The maximum Gasteiger partial charge on any atom is 0.161 e. The highest BCUT2D eigenvalue weighted by Gasteiger charge is 2.23. The van der Waals surface area contributed by atoms with Gasteiger partial charge in [0.2, 0.25) is 0 Å². The minimum Gasteiger partial charge on any atom is -0.389 e. The van der Waals surface area contributed by atoms with E-state index in [0.29, 0.717) is 17.7 Å². The van der Waals surface area contributed by atoms with Gasteiger partial charge >= 0.3 is 0 Å². The first-order valence-corrected chi connectivity index (χ1v) is 6.36. The second kappa shape index (κ2) is 7.01. The number of azide groups is 1. The lowest BCUT2D eigenvalue weighted by atomic mass is 9.99. The van der Waals surface area contributed by atoms with Crippen molar-refractivity contribution in [3.63, 3.8) is 0 Å². The zero-order valence-electron chi connectivity index (χ0n) is 11.1. The molecule has 1 N–H and O–H groups in total. The summed E-state index contributed by atoms with van der Waals surface area (Å²) < 4.78 is 25.1. The largest absolute Gasteiger partial charge is 0.389 e. The SMILES string of the molecule is [N-]=[N+]=N[C@H](CF)[C@H](O)c1ccc(C2=NO[C@H](CF)C2)cc1. The van der Waals surface area contributed by atoms with Crippen LogP contribution in [0.15, 0.2) is 34.5 Å². The predicted molar refractivity (Wildman–Crippen MR) is 72.3 cm³/mol. The van der Waals surface area contributed by atoms with Gasteiger partial charge in [-0.15, -0.1) is 0 Å². The molecule has 1 aliphatic heterocycles. The van der Waals surface area contributed by atoms with Gasteiger partial charge in [-0.25, -0.2) is 4.39 Å². The number of alkyl halides is 2. The molecule has 112 valence electrons. The van der Waals surface area contributed by atoms with E-state index in [9.17, 15) is 13.9 Å². The fourth-order valence-corrected chi connectivity index (χ4v) is 2.02. The van der Waals surface area contributed by atoms with E-state index < -0.39 is 31.6 Å². The van der Waals surface area contributed by atoms with Gasteiger partial charge in [0, 0.05) is 11.3 Å². The van der Waals surface area contributed by atoms with Crippen molar-refractivity contribution in [2.45, 2.75) is 24.7 Å². The van der Waals surface area contributed by atoms with Crippen molar-refractivity contribution in [3.05, 3.63) is 45.8 Å². The van der Waals surface area contributed by atoms with Crippen LogP contribution in [0.25, 0.3) is 10.4 Å². The van der Waals surface area contributed by atoms with Crippen molar-refractivity contribution in [2.75, 3.05) is 13.3 Å². The molecular formula is C13H14F2N4O2. The lowest BCUT2D eigenvalue weighted by Crippen LogP contribution is -2.18. The molecule has 0 saturated carbocycles. The maximum atomic E-state index is 12.7. The number of benzene rings is 1. The number of nitrogens with zero attached hydrogens (tertiary/aromatic N) is 4. The van der Waals surface area contributed by atoms with Gasteiger partial charge in [-0.2, -0.15) is 0 Å². The van der Waals surface area contributed by atoms with Gasteiger partial charge in [0.1, 0.15) is 13.3 Å². The summed E-state index contributed by atoms with van der Waals surface area (Å²) in [4.78, 5) is 7.40. The first-order chi connectivity index (χ1) is 10.2.